The minimum atomic E-state index is 0.958. The van der Waals surface area contributed by atoms with E-state index in [1.165, 1.54) is 0 Å². The standard InChI is InChI=1S/C4H8.Co.O/c1-3-4-2;;/h1-4H2;;/q-2;;. The summed E-state index contributed by atoms with van der Waals surface area (Å²) < 4.78 is 7.94. The first-order chi connectivity index (χ1) is 2.91. The first kappa shape index (κ1) is 9.58. The fourth-order valence-corrected chi connectivity index (χ4v) is 0. The van der Waals surface area contributed by atoms with Crippen molar-refractivity contribution in [2.75, 3.05) is 0 Å². The van der Waals surface area contributed by atoms with Crippen LogP contribution in [0.4, 0.5) is 0 Å². The Morgan fingerprint density at radius 2 is 1.33 bits per heavy atom. The molecule has 0 fully saturated rings. The molecule has 0 aliphatic rings. The van der Waals surface area contributed by atoms with E-state index in [-0.39, 0.29) is 0 Å². The summed E-state index contributed by atoms with van der Waals surface area (Å²) in [6, 6.07) is 0. The number of unbranched alkanes of at least 4 members (excludes halogenated alkanes) is 1. The van der Waals surface area contributed by atoms with E-state index < -0.39 is 0 Å². The van der Waals surface area contributed by atoms with Gasteiger partial charge < -0.3 is 13.8 Å². The zero-order valence-electron chi connectivity index (χ0n) is 3.57. The zero-order chi connectivity index (χ0) is 5.41. The Hall–Kier alpha value is 0.306. The van der Waals surface area contributed by atoms with Crippen LogP contribution in [0.5, 0.6) is 0 Å². The molecule has 0 aliphatic carbocycles. The molecule has 0 radical (unpaired) electrons. The van der Waals surface area contributed by atoms with E-state index in [0.29, 0.717) is 0 Å². The summed E-state index contributed by atoms with van der Waals surface area (Å²) in [4.78, 5) is 0. The molecule has 0 aromatic carbocycles. The van der Waals surface area contributed by atoms with Crippen molar-refractivity contribution in [3.8, 4) is 0 Å². The van der Waals surface area contributed by atoms with Crippen molar-refractivity contribution >= 4 is 0 Å². The second-order valence-electron chi connectivity index (χ2n) is 0.707. The Kier molecular flexibility index (Phi) is 29.5. The average Bonchev–Trinajstić information content (AvgIpc) is 1.72. The summed E-state index contributed by atoms with van der Waals surface area (Å²) >= 11 is 2.31. The molecule has 0 aromatic heterocycles. The van der Waals surface area contributed by atoms with Gasteiger partial charge in [0.15, 0.2) is 0 Å². The third kappa shape index (κ3) is 27.6. The van der Waals surface area contributed by atoms with Gasteiger partial charge >= 0.3 is 19.5 Å². The van der Waals surface area contributed by atoms with Crippen molar-refractivity contribution in [3.05, 3.63) is 13.8 Å². The molecule has 0 unspecified atom stereocenters. The van der Waals surface area contributed by atoms with Crippen molar-refractivity contribution < 1.29 is 19.5 Å². The van der Waals surface area contributed by atoms with Crippen LogP contribution in [0.3, 0.4) is 0 Å². The molecule has 0 bridgehead atoms. The molecule has 0 rings (SSSR count). The van der Waals surface area contributed by atoms with Crippen molar-refractivity contribution in [2.45, 2.75) is 12.8 Å². The van der Waals surface area contributed by atoms with Crippen molar-refractivity contribution in [1.29, 1.82) is 0 Å². The third-order valence-corrected chi connectivity index (χ3v) is 0.250. The van der Waals surface area contributed by atoms with Crippen molar-refractivity contribution in [2.24, 2.45) is 0 Å². The molecule has 1 nitrogen and oxygen atoms in total. The second kappa shape index (κ2) is 18.5. The van der Waals surface area contributed by atoms with Crippen LogP contribution >= 0.6 is 0 Å². The van der Waals surface area contributed by atoms with E-state index in [2.05, 4.69) is 29.5 Å². The molecular weight excluding hydrogens is 123 g/mol. The van der Waals surface area contributed by atoms with Crippen LogP contribution in [0.2, 0.25) is 0 Å². The fraction of sp³-hybridized carbons (Fsp3) is 0.500. The van der Waals surface area contributed by atoms with Gasteiger partial charge in [-0.25, -0.2) is 12.8 Å². The molecule has 0 aromatic rings. The number of rotatable bonds is 1. The van der Waals surface area contributed by atoms with E-state index in [1.807, 2.05) is 0 Å². The second-order valence-corrected chi connectivity index (χ2v) is 0.707. The Labute approximate surface area is 46.9 Å². The first-order valence-electron chi connectivity index (χ1n) is 1.64. The summed E-state index contributed by atoms with van der Waals surface area (Å²) in [7, 11) is 0. The molecule has 0 saturated heterocycles. The van der Waals surface area contributed by atoms with Gasteiger partial charge in [0.1, 0.15) is 0 Å². The summed E-state index contributed by atoms with van der Waals surface area (Å²) in [5.41, 5.74) is 0. The van der Waals surface area contributed by atoms with Gasteiger partial charge in [0.25, 0.3) is 0 Å². The van der Waals surface area contributed by atoms with E-state index in [0.717, 1.165) is 12.8 Å². The summed E-state index contributed by atoms with van der Waals surface area (Å²) in [5.74, 6) is 0. The predicted molar refractivity (Wildman–Crippen MR) is 20.6 cm³/mol. The van der Waals surface area contributed by atoms with Crippen LogP contribution in [-0.2, 0) is 19.5 Å². The summed E-state index contributed by atoms with van der Waals surface area (Å²) in [6.07, 6.45) is 1.92. The molecule has 0 heterocycles. The van der Waals surface area contributed by atoms with Crippen LogP contribution in [0.15, 0.2) is 0 Å². The molecule has 0 aliphatic heterocycles. The Morgan fingerprint density at radius 3 is 1.33 bits per heavy atom. The minimum absolute atomic E-state index is 0.958. The van der Waals surface area contributed by atoms with Gasteiger partial charge in [-0.3, -0.25) is 0 Å². The fourth-order valence-electron chi connectivity index (χ4n) is 0. The van der Waals surface area contributed by atoms with Crippen LogP contribution in [0.1, 0.15) is 12.8 Å². The average molecular weight is 131 g/mol. The van der Waals surface area contributed by atoms with Crippen LogP contribution in [0.25, 0.3) is 0 Å². The number of hydrogen-bond donors (Lipinski definition) is 0. The van der Waals surface area contributed by atoms with Crippen LogP contribution in [0, 0.1) is 13.8 Å². The normalized spacial score (nSPS) is 5.83. The quantitative estimate of drug-likeness (QED) is 0.490. The van der Waals surface area contributed by atoms with Crippen molar-refractivity contribution in [3.63, 3.8) is 0 Å². The topological polar surface area (TPSA) is 17.1 Å². The molecular formula is C4H8CoO-2. The van der Waals surface area contributed by atoms with Gasteiger partial charge in [-0.2, -0.15) is 0 Å². The van der Waals surface area contributed by atoms with Gasteiger partial charge in [-0.05, 0) is 0 Å². The maximum atomic E-state index is 7.94. The van der Waals surface area contributed by atoms with Gasteiger partial charge in [-0.1, -0.05) is 0 Å². The zero-order valence-corrected chi connectivity index (χ0v) is 4.61. The summed E-state index contributed by atoms with van der Waals surface area (Å²) in [5, 5.41) is 0. The van der Waals surface area contributed by atoms with Crippen LogP contribution < -0.4 is 0 Å². The monoisotopic (exact) mass is 131 g/mol. The van der Waals surface area contributed by atoms with Gasteiger partial charge in [0.05, 0.1) is 0 Å². The third-order valence-electron chi connectivity index (χ3n) is 0.250. The van der Waals surface area contributed by atoms with E-state index >= 15 is 0 Å². The molecule has 0 saturated carbocycles. The summed E-state index contributed by atoms with van der Waals surface area (Å²) in [6.45, 7) is 7.08. The Balaban J connectivity index is 0. The van der Waals surface area contributed by atoms with E-state index in [4.69, 9.17) is 3.87 Å². The van der Waals surface area contributed by atoms with E-state index in [9.17, 15) is 0 Å². The predicted octanol–water partition coefficient (Wildman–Crippen LogP) is 1.31. The van der Waals surface area contributed by atoms with E-state index in [1.54, 1.807) is 0 Å². The molecule has 41 valence electrons. The van der Waals surface area contributed by atoms with Gasteiger partial charge in [0, 0.05) is 0 Å². The Bertz CT molecular complexity index is 15.0. The molecule has 0 amide bonds. The molecule has 0 N–H and O–H groups in total. The Morgan fingerprint density at radius 1 is 1.17 bits per heavy atom. The maximum absolute atomic E-state index is 7.94. The molecule has 0 atom stereocenters. The first-order valence-corrected chi connectivity index (χ1v) is 2.06. The SMILES string of the molecule is [CH2-]CC[CH2-].[O]=[Co]. The molecule has 2 heteroatoms. The van der Waals surface area contributed by atoms with Gasteiger partial charge in [-0.15, -0.1) is 0 Å². The molecule has 6 heavy (non-hydrogen) atoms. The van der Waals surface area contributed by atoms with Crippen molar-refractivity contribution in [1.82, 2.24) is 0 Å². The van der Waals surface area contributed by atoms with Gasteiger partial charge in [0.2, 0.25) is 0 Å². The molecule has 0 spiro atoms. The number of hydrogen-bond acceptors (Lipinski definition) is 1. The van der Waals surface area contributed by atoms with Crippen LogP contribution in [-0.4, -0.2) is 0 Å².